The van der Waals surface area contributed by atoms with Crippen molar-refractivity contribution in [1.82, 2.24) is 0 Å². The normalized spacial score (nSPS) is 16.7. The van der Waals surface area contributed by atoms with Gasteiger partial charge >= 0.3 is 0 Å². The van der Waals surface area contributed by atoms with Gasteiger partial charge in [-0.05, 0) is 18.9 Å². The van der Waals surface area contributed by atoms with Gasteiger partial charge in [-0.2, -0.15) is 0 Å². The predicted molar refractivity (Wildman–Crippen MR) is 78.0 cm³/mol. The number of halogens is 1. The van der Waals surface area contributed by atoms with Gasteiger partial charge in [-0.3, -0.25) is 10.1 Å². The lowest BCUT2D eigenvalue weighted by Gasteiger charge is -2.16. The van der Waals surface area contributed by atoms with E-state index in [0.29, 0.717) is 12.2 Å². The van der Waals surface area contributed by atoms with Crippen LogP contribution >= 0.6 is 11.6 Å². The summed E-state index contributed by atoms with van der Waals surface area (Å²) >= 11 is 5.97. The van der Waals surface area contributed by atoms with E-state index in [4.69, 9.17) is 11.6 Å². The molecule has 0 unspecified atom stereocenters. The fourth-order valence-electron chi connectivity index (χ4n) is 2.15. The summed E-state index contributed by atoms with van der Waals surface area (Å²) in [6.45, 7) is 0.498. The third-order valence-corrected chi connectivity index (χ3v) is 4.79. The largest absolute Gasteiger partial charge is 0.383 e. The molecule has 1 N–H and O–H groups in total. The van der Waals surface area contributed by atoms with Crippen LogP contribution in [0.4, 0.5) is 11.4 Å². The Labute approximate surface area is 122 Å². The Balaban J connectivity index is 2.03. The topological polar surface area (TPSA) is 89.3 Å². The molecule has 20 heavy (non-hydrogen) atoms. The summed E-state index contributed by atoms with van der Waals surface area (Å²) in [6.07, 6.45) is 2.95. The number of sulfone groups is 1. The molecule has 0 aromatic heterocycles. The van der Waals surface area contributed by atoms with E-state index < -0.39 is 14.8 Å². The molecule has 1 aliphatic rings. The van der Waals surface area contributed by atoms with Crippen LogP contribution in [0, 0.1) is 15.5 Å². The predicted octanol–water partition coefficient (Wildman–Crippen LogP) is 2.48. The number of rotatable bonds is 6. The van der Waals surface area contributed by atoms with Gasteiger partial charge in [0.2, 0.25) is 0 Å². The minimum absolute atomic E-state index is 0.0715. The van der Waals surface area contributed by atoms with Gasteiger partial charge in [0.05, 0.1) is 21.4 Å². The van der Waals surface area contributed by atoms with Crippen molar-refractivity contribution in [3.8, 4) is 0 Å². The summed E-state index contributed by atoms with van der Waals surface area (Å²) in [7, 11) is -3.01. The van der Waals surface area contributed by atoms with Crippen LogP contribution in [0.5, 0.6) is 0 Å². The zero-order valence-electron chi connectivity index (χ0n) is 10.9. The Morgan fingerprint density at radius 2 is 2.10 bits per heavy atom. The van der Waals surface area contributed by atoms with Crippen molar-refractivity contribution in [3.63, 3.8) is 0 Å². The van der Waals surface area contributed by atoms with E-state index in [9.17, 15) is 18.5 Å². The molecule has 0 saturated heterocycles. The van der Waals surface area contributed by atoms with Crippen molar-refractivity contribution in [1.29, 1.82) is 0 Å². The third kappa shape index (κ3) is 3.83. The van der Waals surface area contributed by atoms with Gasteiger partial charge < -0.3 is 5.32 Å². The van der Waals surface area contributed by atoms with Crippen LogP contribution in [-0.4, -0.2) is 31.9 Å². The molecule has 0 atom stereocenters. The smallest absolute Gasteiger partial charge is 0.271 e. The fraction of sp³-hybridized carbons (Fsp3) is 0.500. The maximum atomic E-state index is 11.4. The molecule has 0 bridgehead atoms. The number of benzene rings is 1. The lowest BCUT2D eigenvalue weighted by molar-refractivity contribution is -0.384. The van der Waals surface area contributed by atoms with Crippen LogP contribution in [0.2, 0.25) is 5.02 Å². The molecule has 2 rings (SSSR count). The minimum Gasteiger partial charge on any atom is -0.383 e. The van der Waals surface area contributed by atoms with Gasteiger partial charge in [0.15, 0.2) is 0 Å². The maximum absolute atomic E-state index is 11.4. The molecule has 6 nitrogen and oxygen atoms in total. The van der Waals surface area contributed by atoms with Crippen LogP contribution in [0.15, 0.2) is 18.2 Å². The lowest BCUT2D eigenvalue weighted by Crippen LogP contribution is -2.24. The van der Waals surface area contributed by atoms with Crippen molar-refractivity contribution in [3.05, 3.63) is 33.3 Å². The second-order valence-electron chi connectivity index (χ2n) is 5.34. The number of hydrogen-bond acceptors (Lipinski definition) is 5. The molecule has 1 saturated carbocycles. The number of hydrogen-bond donors (Lipinski definition) is 1. The number of non-ortho nitro benzene ring substituents is 1. The van der Waals surface area contributed by atoms with Crippen LogP contribution in [0.25, 0.3) is 0 Å². The molecule has 0 radical (unpaired) electrons. The highest BCUT2D eigenvalue weighted by molar-refractivity contribution is 7.90. The molecule has 8 heteroatoms. The van der Waals surface area contributed by atoms with Crippen LogP contribution < -0.4 is 5.32 Å². The molecule has 0 aliphatic heterocycles. The first-order valence-corrected chi connectivity index (χ1v) is 8.50. The van der Waals surface area contributed by atoms with Gasteiger partial charge in [-0.1, -0.05) is 11.6 Å². The van der Waals surface area contributed by atoms with Crippen molar-refractivity contribution in [2.45, 2.75) is 12.8 Å². The molecule has 0 spiro atoms. The molecule has 1 aliphatic carbocycles. The van der Waals surface area contributed by atoms with E-state index in [2.05, 4.69) is 5.32 Å². The van der Waals surface area contributed by atoms with Gasteiger partial charge in [0.25, 0.3) is 5.69 Å². The summed E-state index contributed by atoms with van der Waals surface area (Å²) in [5.74, 6) is 0.150. The third-order valence-electron chi connectivity index (χ3n) is 3.34. The number of nitrogens with zero attached hydrogens (tertiary/aromatic N) is 1. The summed E-state index contributed by atoms with van der Waals surface area (Å²) in [5.41, 5.74) is 0.286. The second-order valence-corrected chi connectivity index (χ2v) is 7.89. The zero-order valence-corrected chi connectivity index (χ0v) is 12.5. The van der Waals surface area contributed by atoms with E-state index in [1.165, 1.54) is 24.5 Å². The number of nitrogens with one attached hydrogen (secondary N) is 1. The molecule has 1 fully saturated rings. The van der Waals surface area contributed by atoms with Crippen molar-refractivity contribution in [2.24, 2.45) is 5.41 Å². The van der Waals surface area contributed by atoms with Crippen molar-refractivity contribution in [2.75, 3.05) is 23.9 Å². The van der Waals surface area contributed by atoms with Gasteiger partial charge in [0.1, 0.15) is 9.84 Å². The zero-order chi connectivity index (χ0) is 15.0. The average Bonchev–Trinajstić information content (AvgIpc) is 3.05. The Kier molecular flexibility index (Phi) is 3.93. The van der Waals surface area contributed by atoms with Gasteiger partial charge in [-0.25, -0.2) is 8.42 Å². The van der Waals surface area contributed by atoms with Gasteiger partial charge in [0, 0.05) is 30.3 Å². The molecule has 1 aromatic rings. The monoisotopic (exact) mass is 318 g/mol. The molecule has 0 amide bonds. The van der Waals surface area contributed by atoms with Crippen molar-refractivity contribution < 1.29 is 13.3 Å². The highest BCUT2D eigenvalue weighted by atomic mass is 35.5. The SMILES string of the molecule is CS(=O)(=O)CC1(CNc2ccc([N+](=O)[O-])cc2Cl)CC1. The minimum atomic E-state index is -3.01. The Bertz CT molecular complexity index is 641. The summed E-state index contributed by atoms with van der Waals surface area (Å²) < 4.78 is 22.7. The maximum Gasteiger partial charge on any atom is 0.271 e. The Morgan fingerprint density at radius 3 is 2.55 bits per heavy atom. The van der Waals surface area contributed by atoms with E-state index in [0.717, 1.165) is 12.8 Å². The summed E-state index contributed by atoms with van der Waals surface area (Å²) in [5, 5.41) is 14.0. The van der Waals surface area contributed by atoms with E-state index in [1.54, 1.807) is 0 Å². The Morgan fingerprint density at radius 1 is 1.45 bits per heavy atom. The van der Waals surface area contributed by atoms with Crippen molar-refractivity contribution >= 4 is 32.8 Å². The van der Waals surface area contributed by atoms with E-state index in [1.807, 2.05) is 0 Å². The quantitative estimate of drug-likeness (QED) is 0.643. The summed E-state index contributed by atoms with van der Waals surface area (Å²) in [6, 6.07) is 4.18. The Hall–Kier alpha value is -1.34. The first-order chi connectivity index (χ1) is 9.21. The lowest BCUT2D eigenvalue weighted by atomic mass is 10.1. The first-order valence-electron chi connectivity index (χ1n) is 6.06. The molecule has 110 valence electrons. The second kappa shape index (κ2) is 5.21. The van der Waals surface area contributed by atoms with E-state index in [-0.39, 0.29) is 21.9 Å². The van der Waals surface area contributed by atoms with E-state index >= 15 is 0 Å². The van der Waals surface area contributed by atoms with Gasteiger partial charge in [-0.15, -0.1) is 0 Å². The standard InChI is InChI=1S/C12H15ClN2O4S/c1-20(18,19)8-12(4-5-12)7-14-11-3-2-9(15(16)17)6-10(11)13/h2-3,6,14H,4-5,7-8H2,1H3. The highest BCUT2D eigenvalue weighted by Crippen LogP contribution is 2.47. The highest BCUT2D eigenvalue weighted by Gasteiger charge is 2.45. The fourth-order valence-corrected chi connectivity index (χ4v) is 3.89. The molecular formula is C12H15ClN2O4S. The molecular weight excluding hydrogens is 304 g/mol. The number of anilines is 1. The van der Waals surface area contributed by atoms with Crippen LogP contribution in [0.3, 0.4) is 0 Å². The number of nitro groups is 1. The van der Waals surface area contributed by atoms with Crippen LogP contribution in [-0.2, 0) is 9.84 Å². The molecule has 1 aromatic carbocycles. The summed E-state index contributed by atoms with van der Waals surface area (Å²) in [4.78, 5) is 10.1. The first kappa shape index (κ1) is 15.1. The molecule has 0 heterocycles. The average molecular weight is 319 g/mol. The van der Waals surface area contributed by atoms with Crippen LogP contribution in [0.1, 0.15) is 12.8 Å². The number of nitro benzene ring substituents is 1.